The molecule has 0 bridgehead atoms. The minimum atomic E-state index is -0.317. The van der Waals surface area contributed by atoms with Crippen molar-refractivity contribution in [2.75, 3.05) is 12.1 Å². The Labute approximate surface area is 172 Å². The summed E-state index contributed by atoms with van der Waals surface area (Å²) in [6, 6.07) is 23.0. The number of carbonyl (C=O) groups excluding carboxylic acids is 1. The summed E-state index contributed by atoms with van der Waals surface area (Å²) in [7, 11) is 0. The summed E-state index contributed by atoms with van der Waals surface area (Å²) < 4.78 is 16.2. The summed E-state index contributed by atoms with van der Waals surface area (Å²) in [5.41, 5.74) is 3.53. The van der Waals surface area contributed by atoms with E-state index in [0.717, 1.165) is 12.0 Å². The van der Waals surface area contributed by atoms with Gasteiger partial charge in [-0.2, -0.15) is 0 Å². The summed E-state index contributed by atoms with van der Waals surface area (Å²) >= 11 is 0. The zero-order chi connectivity index (χ0) is 20.3. The van der Waals surface area contributed by atoms with Crippen molar-refractivity contribution >= 4 is 11.9 Å². The average Bonchev–Trinajstić information content (AvgIpc) is 3.44. The van der Waals surface area contributed by atoms with Crippen LogP contribution in [0.4, 0.5) is 6.01 Å². The maximum Gasteiger partial charge on any atom is 0.322 e. The molecule has 0 saturated heterocycles. The van der Waals surface area contributed by atoms with Crippen LogP contribution >= 0.6 is 0 Å². The van der Waals surface area contributed by atoms with E-state index in [4.69, 9.17) is 13.9 Å². The van der Waals surface area contributed by atoms with E-state index in [9.17, 15) is 4.79 Å². The van der Waals surface area contributed by atoms with Crippen LogP contribution in [0.15, 0.2) is 77.2 Å². The number of benzene rings is 3. The van der Waals surface area contributed by atoms with Gasteiger partial charge in [0.2, 0.25) is 12.7 Å². The lowest BCUT2D eigenvalue weighted by atomic mass is 10.0. The molecule has 0 saturated carbocycles. The molecule has 30 heavy (non-hydrogen) atoms. The van der Waals surface area contributed by atoms with Crippen molar-refractivity contribution in [2.45, 2.75) is 6.42 Å². The maximum absolute atomic E-state index is 12.5. The topological polar surface area (TPSA) is 86.5 Å². The molecule has 1 aliphatic rings. The molecule has 0 radical (unpaired) electrons. The van der Waals surface area contributed by atoms with E-state index in [2.05, 4.69) is 27.6 Å². The van der Waals surface area contributed by atoms with Crippen molar-refractivity contribution in [3.05, 3.63) is 89.5 Å². The highest BCUT2D eigenvalue weighted by Gasteiger charge is 2.17. The molecule has 2 heterocycles. The first kappa shape index (κ1) is 17.9. The van der Waals surface area contributed by atoms with Gasteiger partial charge in [0.15, 0.2) is 11.5 Å². The standard InChI is InChI=1S/C23H17N3O4/c27-21(17-8-6-16(7-9-17)12-15-4-2-1-3-5-15)24-23-26-25-22(30-23)18-10-11-19-20(13-18)29-14-28-19/h1-11,13H,12,14H2,(H,24,26,27). The molecular formula is C23H17N3O4. The Morgan fingerprint density at radius 1 is 0.867 bits per heavy atom. The third kappa shape index (κ3) is 3.73. The van der Waals surface area contributed by atoms with Crippen molar-refractivity contribution in [2.24, 2.45) is 0 Å². The molecule has 1 aliphatic heterocycles. The second-order valence-electron chi connectivity index (χ2n) is 6.79. The van der Waals surface area contributed by atoms with E-state index >= 15 is 0 Å². The molecule has 0 atom stereocenters. The summed E-state index contributed by atoms with van der Waals surface area (Å²) in [6.07, 6.45) is 0.811. The number of aromatic nitrogens is 2. The van der Waals surface area contributed by atoms with Crippen LogP contribution in [-0.4, -0.2) is 22.9 Å². The Hall–Kier alpha value is -4.13. The number of fused-ring (bicyclic) bond motifs is 1. The Morgan fingerprint density at radius 2 is 1.63 bits per heavy atom. The number of rotatable bonds is 5. The summed E-state index contributed by atoms with van der Waals surface area (Å²) in [6.45, 7) is 0.189. The van der Waals surface area contributed by atoms with Gasteiger partial charge < -0.3 is 13.9 Å². The summed E-state index contributed by atoms with van der Waals surface area (Å²) in [5, 5.41) is 10.5. The molecule has 4 aromatic rings. The van der Waals surface area contributed by atoms with Gasteiger partial charge in [-0.05, 0) is 47.9 Å². The Morgan fingerprint density at radius 3 is 2.47 bits per heavy atom. The maximum atomic E-state index is 12.5. The van der Waals surface area contributed by atoms with Crippen LogP contribution in [0.3, 0.4) is 0 Å². The number of ether oxygens (including phenoxy) is 2. The van der Waals surface area contributed by atoms with Gasteiger partial charge in [-0.25, -0.2) is 0 Å². The second-order valence-corrected chi connectivity index (χ2v) is 6.79. The molecule has 0 aliphatic carbocycles. The van der Waals surface area contributed by atoms with Gasteiger partial charge in [-0.1, -0.05) is 47.6 Å². The van der Waals surface area contributed by atoms with Crippen molar-refractivity contribution < 1.29 is 18.7 Å². The Kier molecular flexibility index (Phi) is 4.61. The highest BCUT2D eigenvalue weighted by atomic mass is 16.7. The SMILES string of the molecule is O=C(Nc1nnc(-c2ccc3c(c2)OCO3)o1)c1ccc(Cc2ccccc2)cc1. The van der Waals surface area contributed by atoms with E-state index in [1.165, 1.54) is 5.56 Å². The average molecular weight is 399 g/mol. The fraction of sp³-hybridized carbons (Fsp3) is 0.0870. The molecule has 1 aromatic heterocycles. The predicted molar refractivity (Wildman–Crippen MR) is 110 cm³/mol. The summed E-state index contributed by atoms with van der Waals surface area (Å²) in [5.74, 6) is 1.25. The van der Waals surface area contributed by atoms with Gasteiger partial charge >= 0.3 is 6.01 Å². The minimum Gasteiger partial charge on any atom is -0.454 e. The number of carbonyl (C=O) groups is 1. The number of nitrogens with zero attached hydrogens (tertiary/aromatic N) is 2. The van der Waals surface area contributed by atoms with E-state index in [1.54, 1.807) is 30.3 Å². The van der Waals surface area contributed by atoms with Gasteiger partial charge in [0.1, 0.15) is 0 Å². The Bertz CT molecular complexity index is 1190. The zero-order valence-corrected chi connectivity index (χ0v) is 15.9. The number of hydrogen-bond donors (Lipinski definition) is 1. The number of nitrogens with one attached hydrogen (secondary N) is 1. The first-order valence-corrected chi connectivity index (χ1v) is 9.42. The van der Waals surface area contributed by atoms with Gasteiger partial charge in [0, 0.05) is 11.1 Å². The van der Waals surface area contributed by atoms with Crippen LogP contribution in [-0.2, 0) is 6.42 Å². The quantitative estimate of drug-likeness (QED) is 0.538. The molecular weight excluding hydrogens is 382 g/mol. The predicted octanol–water partition coefficient (Wildman–Crippen LogP) is 4.31. The molecule has 5 rings (SSSR count). The molecule has 7 heteroatoms. The molecule has 1 amide bonds. The first-order valence-electron chi connectivity index (χ1n) is 9.42. The molecule has 148 valence electrons. The lowest BCUT2D eigenvalue weighted by Crippen LogP contribution is -2.12. The highest BCUT2D eigenvalue weighted by molar-refractivity contribution is 6.03. The van der Waals surface area contributed by atoms with Crippen LogP contribution < -0.4 is 14.8 Å². The Balaban J connectivity index is 1.25. The van der Waals surface area contributed by atoms with E-state index in [1.807, 2.05) is 30.3 Å². The van der Waals surface area contributed by atoms with Gasteiger partial charge in [0.25, 0.3) is 5.91 Å². The smallest absolute Gasteiger partial charge is 0.322 e. The van der Waals surface area contributed by atoms with Crippen molar-refractivity contribution in [3.8, 4) is 23.0 Å². The van der Waals surface area contributed by atoms with Crippen LogP contribution in [0, 0.1) is 0 Å². The second kappa shape index (κ2) is 7.71. The highest BCUT2D eigenvalue weighted by Crippen LogP contribution is 2.35. The monoisotopic (exact) mass is 399 g/mol. The molecule has 1 N–H and O–H groups in total. The largest absolute Gasteiger partial charge is 0.454 e. The zero-order valence-electron chi connectivity index (χ0n) is 15.9. The lowest BCUT2D eigenvalue weighted by molar-refractivity contribution is 0.102. The third-order valence-corrected chi connectivity index (χ3v) is 4.73. The lowest BCUT2D eigenvalue weighted by Gasteiger charge is -2.04. The normalized spacial score (nSPS) is 12.0. The van der Waals surface area contributed by atoms with Crippen LogP contribution in [0.2, 0.25) is 0 Å². The molecule has 3 aromatic carbocycles. The number of anilines is 1. The van der Waals surface area contributed by atoms with Crippen molar-refractivity contribution in [1.82, 2.24) is 10.2 Å². The fourth-order valence-electron chi connectivity index (χ4n) is 3.19. The fourth-order valence-corrected chi connectivity index (χ4v) is 3.19. The molecule has 0 spiro atoms. The van der Waals surface area contributed by atoms with E-state index in [0.29, 0.717) is 22.6 Å². The van der Waals surface area contributed by atoms with E-state index < -0.39 is 0 Å². The molecule has 0 unspecified atom stereocenters. The molecule has 0 fully saturated rings. The first-order chi connectivity index (χ1) is 14.7. The van der Waals surface area contributed by atoms with Crippen LogP contribution in [0.25, 0.3) is 11.5 Å². The van der Waals surface area contributed by atoms with Gasteiger partial charge in [-0.15, -0.1) is 5.10 Å². The summed E-state index contributed by atoms with van der Waals surface area (Å²) in [4.78, 5) is 12.5. The molecule has 7 nitrogen and oxygen atoms in total. The number of amides is 1. The van der Waals surface area contributed by atoms with Crippen molar-refractivity contribution in [1.29, 1.82) is 0 Å². The number of hydrogen-bond acceptors (Lipinski definition) is 6. The van der Waals surface area contributed by atoms with E-state index in [-0.39, 0.29) is 24.6 Å². The van der Waals surface area contributed by atoms with Crippen LogP contribution in [0.5, 0.6) is 11.5 Å². The van der Waals surface area contributed by atoms with Crippen molar-refractivity contribution in [3.63, 3.8) is 0 Å². The van der Waals surface area contributed by atoms with Gasteiger partial charge in [-0.3, -0.25) is 10.1 Å². The van der Waals surface area contributed by atoms with Gasteiger partial charge in [0.05, 0.1) is 0 Å². The third-order valence-electron chi connectivity index (χ3n) is 4.73. The van der Waals surface area contributed by atoms with Crippen LogP contribution in [0.1, 0.15) is 21.5 Å². The minimum absolute atomic E-state index is 0.0287.